The highest BCUT2D eigenvalue weighted by atomic mass is 14.8. The molecule has 0 atom stereocenters. The van der Waals surface area contributed by atoms with Gasteiger partial charge in [-0.05, 0) is 198 Å². The van der Waals surface area contributed by atoms with E-state index in [1.807, 2.05) is 0 Å². The Morgan fingerprint density at radius 3 is 1.23 bits per heavy atom. The second-order valence-electron chi connectivity index (χ2n) is 17.7. The van der Waals surface area contributed by atoms with Crippen molar-refractivity contribution in [3.05, 3.63) is 174 Å². The summed E-state index contributed by atoms with van der Waals surface area (Å²) in [5, 5.41) is 0. The van der Waals surface area contributed by atoms with E-state index in [9.17, 15) is 0 Å². The Bertz CT molecular complexity index is 3120. The number of aromatic amines is 2. The van der Waals surface area contributed by atoms with Crippen molar-refractivity contribution in [1.82, 2.24) is 19.9 Å². The Kier molecular flexibility index (Phi) is 9.51. The average Bonchev–Trinajstić information content (AvgIpc) is 3.94. The number of rotatable bonds is 4. The molecule has 7 aromatic rings. The summed E-state index contributed by atoms with van der Waals surface area (Å²) in [7, 11) is 0. The standard InChI is InChI=1S/C56H54N4/c1-29-17-33(5)48(34(6)18-29)46-27-45-26-43-14-13-41(57-43)25-42-15-16-44(58-42)28-47-52(49-35(7)19-30(2)20-36(49)8)53(50-37(9)21-31(3)22-38(50)10)56(60-47)54(55(46)59-45)51-39(11)23-32(4)24-40(51)12/h13-28,57,60H,1-12H3. The number of aryl methyl sites for hydroxylation is 12. The van der Waals surface area contributed by atoms with Crippen LogP contribution in [-0.2, 0) is 0 Å². The van der Waals surface area contributed by atoms with Gasteiger partial charge in [-0.1, -0.05) is 70.8 Å². The maximum atomic E-state index is 5.74. The van der Waals surface area contributed by atoms with Gasteiger partial charge in [-0.25, -0.2) is 9.97 Å². The van der Waals surface area contributed by atoms with Crippen molar-refractivity contribution in [1.29, 1.82) is 0 Å². The van der Waals surface area contributed by atoms with Crippen LogP contribution in [-0.4, -0.2) is 19.9 Å². The lowest BCUT2D eigenvalue weighted by molar-refractivity contribution is 1.25. The maximum absolute atomic E-state index is 5.74. The minimum absolute atomic E-state index is 0.900. The number of H-pyrrole nitrogens is 2. The molecule has 298 valence electrons. The molecule has 0 fully saturated rings. The van der Waals surface area contributed by atoms with E-state index in [1.165, 1.54) is 100 Å². The van der Waals surface area contributed by atoms with Crippen molar-refractivity contribution in [2.45, 2.75) is 83.1 Å². The zero-order valence-electron chi connectivity index (χ0n) is 37.1. The quantitative estimate of drug-likeness (QED) is 0.187. The van der Waals surface area contributed by atoms with E-state index in [0.29, 0.717) is 0 Å². The van der Waals surface area contributed by atoms with E-state index in [4.69, 9.17) is 9.97 Å². The van der Waals surface area contributed by atoms with E-state index >= 15 is 0 Å². The number of nitrogens with zero attached hydrogens (tertiary/aromatic N) is 2. The molecular weight excluding hydrogens is 729 g/mol. The van der Waals surface area contributed by atoms with Crippen molar-refractivity contribution in [2.24, 2.45) is 0 Å². The Labute approximate surface area is 354 Å². The summed E-state index contributed by atoms with van der Waals surface area (Å²) >= 11 is 0. The number of nitrogens with one attached hydrogen (secondary N) is 2. The SMILES string of the molecule is Cc1cc(C)c(C2=Cc3cc4ccc(cc5nc(cc6[nH]c(c(-c7c(C)cc(C)cc7C)c2n3)c(-c2c(C)cc(C)cc2C)c6-c2c(C)cc(C)cc2C)C=C5)[nH]4)c(C)c1. The van der Waals surface area contributed by atoms with Crippen LogP contribution in [0.1, 0.15) is 95.1 Å². The molecule has 4 nitrogen and oxygen atoms in total. The van der Waals surface area contributed by atoms with Crippen LogP contribution in [0, 0.1) is 83.1 Å². The zero-order chi connectivity index (χ0) is 42.3. The summed E-state index contributed by atoms with van der Waals surface area (Å²) in [6.07, 6.45) is 6.54. The van der Waals surface area contributed by atoms with Gasteiger partial charge in [0.25, 0.3) is 0 Å². The fourth-order valence-corrected chi connectivity index (χ4v) is 10.5. The Balaban J connectivity index is 1.63. The molecule has 0 unspecified atom stereocenters. The van der Waals surface area contributed by atoms with Gasteiger partial charge in [-0.3, -0.25) is 0 Å². The number of hydrogen-bond donors (Lipinski definition) is 2. The fraction of sp³-hybridized carbons (Fsp3) is 0.214. The Morgan fingerprint density at radius 2 is 0.750 bits per heavy atom. The van der Waals surface area contributed by atoms with Crippen LogP contribution in [0.15, 0.2) is 78.9 Å². The third-order valence-electron chi connectivity index (χ3n) is 12.3. The van der Waals surface area contributed by atoms with Crippen molar-refractivity contribution < 1.29 is 0 Å². The third kappa shape index (κ3) is 6.74. The molecule has 2 aliphatic heterocycles. The van der Waals surface area contributed by atoms with Gasteiger partial charge in [0.2, 0.25) is 0 Å². The summed E-state index contributed by atoms with van der Waals surface area (Å²) in [6.45, 7) is 26.9. The van der Waals surface area contributed by atoms with Gasteiger partial charge < -0.3 is 9.97 Å². The number of aromatic nitrogens is 4. The zero-order valence-corrected chi connectivity index (χ0v) is 37.1. The minimum atomic E-state index is 0.900. The van der Waals surface area contributed by atoms with Gasteiger partial charge in [-0.15, -0.1) is 0 Å². The van der Waals surface area contributed by atoms with Crippen LogP contribution in [0.25, 0.3) is 79.2 Å². The van der Waals surface area contributed by atoms with Crippen LogP contribution in [0.4, 0.5) is 0 Å². The summed E-state index contributed by atoms with van der Waals surface area (Å²) in [4.78, 5) is 18.7. The Hall–Kier alpha value is -6.52. The molecule has 60 heavy (non-hydrogen) atoms. The van der Waals surface area contributed by atoms with Gasteiger partial charge in [0, 0.05) is 38.8 Å². The van der Waals surface area contributed by atoms with Crippen molar-refractivity contribution >= 4 is 45.9 Å². The molecule has 8 bridgehead atoms. The summed E-state index contributed by atoms with van der Waals surface area (Å²) in [5.74, 6) is 0. The molecule has 9 rings (SSSR count). The highest BCUT2D eigenvalue weighted by molar-refractivity contribution is 6.13. The van der Waals surface area contributed by atoms with Crippen molar-refractivity contribution in [3.63, 3.8) is 0 Å². The number of benzene rings is 4. The summed E-state index contributed by atoms with van der Waals surface area (Å²) in [5.41, 5.74) is 32.1. The molecule has 4 heteroatoms. The third-order valence-corrected chi connectivity index (χ3v) is 12.3. The first kappa shape index (κ1) is 39.0. The lowest BCUT2D eigenvalue weighted by Gasteiger charge is -2.20. The van der Waals surface area contributed by atoms with E-state index < -0.39 is 0 Å². The van der Waals surface area contributed by atoms with E-state index in [2.05, 4.69) is 190 Å². The van der Waals surface area contributed by atoms with Gasteiger partial charge in [-0.2, -0.15) is 0 Å². The van der Waals surface area contributed by atoms with E-state index in [0.717, 1.165) is 56.0 Å². The highest BCUT2D eigenvalue weighted by Gasteiger charge is 2.29. The normalized spacial score (nSPS) is 12.4. The van der Waals surface area contributed by atoms with Crippen molar-refractivity contribution in [2.75, 3.05) is 0 Å². The first-order chi connectivity index (χ1) is 28.6. The first-order valence-electron chi connectivity index (χ1n) is 21.1. The molecule has 2 aliphatic rings. The molecule has 3 aromatic heterocycles. The monoisotopic (exact) mass is 782 g/mol. The lowest BCUT2D eigenvalue weighted by Crippen LogP contribution is -2.01. The topological polar surface area (TPSA) is 57.4 Å². The first-order valence-corrected chi connectivity index (χ1v) is 21.1. The van der Waals surface area contributed by atoms with E-state index in [-0.39, 0.29) is 0 Å². The molecule has 4 aromatic carbocycles. The molecule has 0 saturated carbocycles. The molecule has 5 heterocycles. The second kappa shape index (κ2) is 14.6. The van der Waals surface area contributed by atoms with Crippen LogP contribution >= 0.6 is 0 Å². The molecule has 0 radical (unpaired) electrons. The van der Waals surface area contributed by atoms with Crippen LogP contribution in [0.2, 0.25) is 0 Å². The van der Waals surface area contributed by atoms with Gasteiger partial charge in [0.05, 0.1) is 28.3 Å². The van der Waals surface area contributed by atoms with Gasteiger partial charge >= 0.3 is 0 Å². The smallest absolute Gasteiger partial charge is 0.0815 e. The van der Waals surface area contributed by atoms with E-state index in [1.54, 1.807) is 0 Å². The van der Waals surface area contributed by atoms with Gasteiger partial charge in [0.1, 0.15) is 0 Å². The summed E-state index contributed by atoms with van der Waals surface area (Å²) in [6, 6.07) is 29.4. The predicted molar refractivity (Wildman–Crippen MR) is 256 cm³/mol. The van der Waals surface area contributed by atoms with Crippen LogP contribution in [0.5, 0.6) is 0 Å². The second-order valence-corrected chi connectivity index (χ2v) is 17.7. The molecule has 0 saturated heterocycles. The molecular formula is C56H54N4. The van der Waals surface area contributed by atoms with Crippen LogP contribution < -0.4 is 0 Å². The van der Waals surface area contributed by atoms with Gasteiger partial charge in [0.15, 0.2) is 0 Å². The predicted octanol–water partition coefficient (Wildman–Crippen LogP) is 14.8. The molecule has 2 N–H and O–H groups in total. The number of hydrogen-bond acceptors (Lipinski definition) is 2. The van der Waals surface area contributed by atoms with Crippen molar-refractivity contribution in [3.8, 4) is 33.4 Å². The molecule has 0 amide bonds. The largest absolute Gasteiger partial charge is 0.355 e. The Morgan fingerprint density at radius 1 is 0.350 bits per heavy atom. The number of fused-ring (bicyclic) bond motifs is 8. The van der Waals surface area contributed by atoms with Crippen LogP contribution in [0.3, 0.4) is 0 Å². The fourth-order valence-electron chi connectivity index (χ4n) is 10.5. The maximum Gasteiger partial charge on any atom is 0.0815 e. The molecule has 0 aliphatic carbocycles. The minimum Gasteiger partial charge on any atom is -0.355 e. The molecule has 0 spiro atoms. The highest BCUT2D eigenvalue weighted by Crippen LogP contribution is 2.50. The summed E-state index contributed by atoms with van der Waals surface area (Å²) < 4.78 is 0. The average molecular weight is 783 g/mol. The lowest BCUT2D eigenvalue weighted by atomic mass is 9.83.